The summed E-state index contributed by atoms with van der Waals surface area (Å²) in [6.07, 6.45) is -1.92. The number of aliphatic hydroxyl groups excluding tert-OH is 3. The first-order valence-corrected chi connectivity index (χ1v) is 7.60. The van der Waals surface area contributed by atoms with Gasteiger partial charge in [0.1, 0.15) is 6.10 Å². The molecule has 0 bridgehead atoms. The molecule has 1 heterocycles. The highest BCUT2D eigenvalue weighted by atomic mass is 16.7. The number of rotatable bonds is 5. The molecule has 0 aliphatic carbocycles. The van der Waals surface area contributed by atoms with Crippen LogP contribution in [0.5, 0.6) is 0 Å². The van der Waals surface area contributed by atoms with Crippen molar-refractivity contribution in [1.29, 1.82) is 0 Å². The third-order valence-electron chi connectivity index (χ3n) is 4.57. The SMILES string of the molecule is CC1(C)OB(c2cccc(C(O)C(O)CCO)c2)OC1(C)C. The highest BCUT2D eigenvalue weighted by Gasteiger charge is 2.51. The Hall–Kier alpha value is -0.915. The molecular formula is C16H25BO5. The van der Waals surface area contributed by atoms with Crippen LogP contribution in [0.1, 0.15) is 45.8 Å². The Labute approximate surface area is 132 Å². The minimum Gasteiger partial charge on any atom is -0.399 e. The summed E-state index contributed by atoms with van der Waals surface area (Å²) < 4.78 is 12.0. The average molecular weight is 308 g/mol. The summed E-state index contributed by atoms with van der Waals surface area (Å²) in [5.41, 5.74) is 0.519. The van der Waals surface area contributed by atoms with Crippen LogP contribution in [0, 0.1) is 0 Å². The van der Waals surface area contributed by atoms with Gasteiger partial charge in [0.25, 0.3) is 0 Å². The molecule has 2 rings (SSSR count). The Morgan fingerprint density at radius 3 is 2.23 bits per heavy atom. The lowest BCUT2D eigenvalue weighted by Gasteiger charge is -2.32. The molecule has 1 aromatic carbocycles. The maximum absolute atomic E-state index is 10.1. The molecule has 6 heteroatoms. The largest absolute Gasteiger partial charge is 0.494 e. The van der Waals surface area contributed by atoms with Crippen molar-refractivity contribution in [3.63, 3.8) is 0 Å². The Morgan fingerprint density at radius 2 is 1.68 bits per heavy atom. The van der Waals surface area contributed by atoms with Gasteiger partial charge in [0.15, 0.2) is 0 Å². The van der Waals surface area contributed by atoms with Gasteiger partial charge in [-0.1, -0.05) is 24.3 Å². The smallest absolute Gasteiger partial charge is 0.399 e. The molecule has 1 fully saturated rings. The topological polar surface area (TPSA) is 79.2 Å². The van der Waals surface area contributed by atoms with Crippen LogP contribution in [0.2, 0.25) is 0 Å². The standard InChI is InChI=1S/C16H25BO5/c1-15(2)16(3,4)22-17(21-15)12-7-5-6-11(10-12)14(20)13(19)8-9-18/h5-7,10,13-14,18-20H,8-9H2,1-4H3. The van der Waals surface area contributed by atoms with Gasteiger partial charge < -0.3 is 24.6 Å². The highest BCUT2D eigenvalue weighted by molar-refractivity contribution is 6.62. The molecule has 0 aromatic heterocycles. The van der Waals surface area contributed by atoms with Gasteiger partial charge in [0, 0.05) is 6.61 Å². The lowest BCUT2D eigenvalue weighted by atomic mass is 9.78. The van der Waals surface area contributed by atoms with Crippen molar-refractivity contribution in [1.82, 2.24) is 0 Å². The van der Waals surface area contributed by atoms with Gasteiger partial charge in [-0.2, -0.15) is 0 Å². The zero-order valence-corrected chi connectivity index (χ0v) is 13.6. The van der Waals surface area contributed by atoms with Crippen molar-refractivity contribution in [3.05, 3.63) is 29.8 Å². The second kappa shape index (κ2) is 6.30. The first kappa shape index (κ1) is 17.4. The van der Waals surface area contributed by atoms with Crippen molar-refractivity contribution in [2.45, 2.75) is 57.5 Å². The summed E-state index contributed by atoms with van der Waals surface area (Å²) in [5, 5.41) is 28.8. The van der Waals surface area contributed by atoms with Crippen LogP contribution in [-0.4, -0.2) is 46.4 Å². The zero-order chi connectivity index (χ0) is 16.5. The summed E-state index contributed by atoms with van der Waals surface area (Å²) >= 11 is 0. The van der Waals surface area contributed by atoms with Crippen LogP contribution in [0.15, 0.2) is 24.3 Å². The van der Waals surface area contributed by atoms with Crippen LogP contribution >= 0.6 is 0 Å². The summed E-state index contributed by atoms with van der Waals surface area (Å²) in [7, 11) is -0.507. The Kier molecular flexibility index (Phi) is 4.99. The molecule has 1 aromatic rings. The summed E-state index contributed by atoms with van der Waals surface area (Å²) in [5.74, 6) is 0. The Morgan fingerprint density at radius 1 is 1.09 bits per heavy atom. The van der Waals surface area contributed by atoms with Crippen molar-refractivity contribution in [3.8, 4) is 0 Å². The molecule has 22 heavy (non-hydrogen) atoms. The number of hydrogen-bond acceptors (Lipinski definition) is 5. The minimum absolute atomic E-state index is 0.127. The van der Waals surface area contributed by atoms with E-state index in [0.29, 0.717) is 5.56 Å². The maximum atomic E-state index is 10.1. The third kappa shape index (κ3) is 3.36. The fourth-order valence-corrected chi connectivity index (χ4v) is 2.38. The van der Waals surface area contributed by atoms with Crippen LogP contribution in [0.3, 0.4) is 0 Å². The predicted molar refractivity (Wildman–Crippen MR) is 84.8 cm³/mol. The van der Waals surface area contributed by atoms with E-state index in [1.165, 1.54) is 0 Å². The van der Waals surface area contributed by atoms with Crippen molar-refractivity contribution in [2.24, 2.45) is 0 Å². The van der Waals surface area contributed by atoms with Crippen LogP contribution in [-0.2, 0) is 9.31 Å². The molecular weight excluding hydrogens is 283 g/mol. The van der Waals surface area contributed by atoms with Crippen LogP contribution in [0.25, 0.3) is 0 Å². The van der Waals surface area contributed by atoms with E-state index in [1.54, 1.807) is 18.2 Å². The molecule has 0 saturated carbocycles. The van der Waals surface area contributed by atoms with E-state index < -0.39 is 30.5 Å². The molecule has 0 amide bonds. The molecule has 1 aliphatic heterocycles. The van der Waals surface area contributed by atoms with Crippen LogP contribution in [0.4, 0.5) is 0 Å². The second-order valence-electron chi connectivity index (χ2n) is 6.78. The lowest BCUT2D eigenvalue weighted by Crippen LogP contribution is -2.41. The van der Waals surface area contributed by atoms with E-state index in [4.69, 9.17) is 14.4 Å². The fraction of sp³-hybridized carbons (Fsp3) is 0.625. The Bertz CT molecular complexity index is 501. The van der Waals surface area contributed by atoms with Gasteiger partial charge >= 0.3 is 7.12 Å². The number of aliphatic hydroxyl groups is 3. The zero-order valence-electron chi connectivity index (χ0n) is 13.6. The van der Waals surface area contributed by atoms with Gasteiger partial charge in [-0.15, -0.1) is 0 Å². The first-order valence-electron chi connectivity index (χ1n) is 7.60. The molecule has 0 spiro atoms. The molecule has 3 N–H and O–H groups in total. The molecule has 2 atom stereocenters. The van der Waals surface area contributed by atoms with E-state index >= 15 is 0 Å². The molecule has 0 radical (unpaired) electrons. The van der Waals surface area contributed by atoms with E-state index in [2.05, 4.69) is 0 Å². The molecule has 1 saturated heterocycles. The summed E-state index contributed by atoms with van der Waals surface area (Å²) in [6, 6.07) is 7.18. The second-order valence-corrected chi connectivity index (χ2v) is 6.78. The molecule has 2 unspecified atom stereocenters. The quantitative estimate of drug-likeness (QED) is 0.700. The fourth-order valence-electron chi connectivity index (χ4n) is 2.38. The normalized spacial score (nSPS) is 22.6. The van der Waals surface area contributed by atoms with Gasteiger partial charge in [-0.05, 0) is 45.1 Å². The molecule has 122 valence electrons. The van der Waals surface area contributed by atoms with Crippen LogP contribution < -0.4 is 5.46 Å². The molecule has 5 nitrogen and oxygen atoms in total. The summed E-state index contributed by atoms with van der Waals surface area (Å²) in [6.45, 7) is 7.76. The van der Waals surface area contributed by atoms with E-state index in [-0.39, 0.29) is 13.0 Å². The van der Waals surface area contributed by atoms with Gasteiger partial charge in [0.05, 0.1) is 17.3 Å². The monoisotopic (exact) mass is 308 g/mol. The average Bonchev–Trinajstić information content (AvgIpc) is 2.67. The maximum Gasteiger partial charge on any atom is 0.494 e. The van der Waals surface area contributed by atoms with Crippen molar-refractivity contribution >= 4 is 12.6 Å². The Balaban J connectivity index is 2.20. The van der Waals surface area contributed by atoms with Gasteiger partial charge in [-0.25, -0.2) is 0 Å². The third-order valence-corrected chi connectivity index (χ3v) is 4.57. The minimum atomic E-state index is -1.05. The van der Waals surface area contributed by atoms with E-state index in [1.807, 2.05) is 33.8 Å². The lowest BCUT2D eigenvalue weighted by molar-refractivity contribution is 0.00425. The predicted octanol–water partition coefficient (Wildman–Crippen LogP) is 0.762. The van der Waals surface area contributed by atoms with E-state index in [9.17, 15) is 10.2 Å². The number of benzene rings is 1. The van der Waals surface area contributed by atoms with Crippen molar-refractivity contribution < 1.29 is 24.6 Å². The van der Waals surface area contributed by atoms with Crippen molar-refractivity contribution in [2.75, 3.05) is 6.61 Å². The summed E-state index contributed by atoms with van der Waals surface area (Å²) in [4.78, 5) is 0. The first-order chi connectivity index (χ1) is 10.2. The molecule has 1 aliphatic rings. The van der Waals surface area contributed by atoms with Gasteiger partial charge in [-0.3, -0.25) is 0 Å². The van der Waals surface area contributed by atoms with Gasteiger partial charge in [0.2, 0.25) is 0 Å². The highest BCUT2D eigenvalue weighted by Crippen LogP contribution is 2.36. The number of hydrogen-bond donors (Lipinski definition) is 3. The van der Waals surface area contributed by atoms with E-state index in [0.717, 1.165) is 5.46 Å².